The Labute approximate surface area is 393 Å². The molecule has 2 amide bonds. The summed E-state index contributed by atoms with van der Waals surface area (Å²) in [5, 5.41) is 40.9. The molecule has 0 aromatic heterocycles. The van der Waals surface area contributed by atoms with Crippen LogP contribution in [0, 0.1) is 47.3 Å². The number of carbonyl (C=O) groups excluding carboxylic acids is 5. The summed E-state index contributed by atoms with van der Waals surface area (Å²) >= 11 is 0. The molecule has 370 valence electrons. The van der Waals surface area contributed by atoms with E-state index in [9.17, 15) is 39.3 Å². The van der Waals surface area contributed by atoms with Gasteiger partial charge in [-0.15, -0.1) is 0 Å². The van der Waals surface area contributed by atoms with Crippen molar-refractivity contribution in [3.63, 3.8) is 0 Å². The molecule has 4 aliphatic carbocycles. The minimum atomic E-state index is -1.01. The lowest BCUT2D eigenvalue weighted by Crippen LogP contribution is -2.67. The second-order valence-electron chi connectivity index (χ2n) is 20.4. The number of carbonyl (C=O) groups is 5. The number of aliphatic hydroxyl groups excluding tert-OH is 1. The topological polar surface area (TPSA) is 225 Å². The number of esters is 2. The second kappa shape index (κ2) is 21.1. The minimum absolute atomic E-state index is 0.0146. The fourth-order valence-corrected chi connectivity index (χ4v) is 13.0. The summed E-state index contributed by atoms with van der Waals surface area (Å²) in [5.41, 5.74) is 1.93. The lowest BCUT2D eigenvalue weighted by atomic mass is 9.42. The molecule has 0 spiro atoms. The summed E-state index contributed by atoms with van der Waals surface area (Å²) in [7, 11) is 1.50. The lowest BCUT2D eigenvalue weighted by Gasteiger charge is -2.65. The van der Waals surface area contributed by atoms with Crippen molar-refractivity contribution in [2.24, 2.45) is 40.4 Å². The Hall–Kier alpha value is -4.35. The van der Waals surface area contributed by atoms with Crippen LogP contribution >= 0.6 is 0 Å². The maximum absolute atomic E-state index is 12.7. The molecule has 4 saturated carbocycles. The van der Waals surface area contributed by atoms with Gasteiger partial charge in [0.1, 0.15) is 42.7 Å². The zero-order valence-corrected chi connectivity index (χ0v) is 40.2. The lowest BCUT2D eigenvalue weighted by molar-refractivity contribution is -0.245. The Morgan fingerprint density at radius 3 is 2.30 bits per heavy atom. The number of aliphatic hydroxyl groups is 2. The molecule has 2 heterocycles. The SMILES string of the molecule is COc1c(C)c2c(c(O)c1C/C=C(\C)CC(CC(=O)NCCOCCOCCNC(=O)COC1CCC3(C)C(CCC4C3CC(O)C3(C)C(C5=CC(=O)OC5)CCC43O)C1)C(C)=O)C(=O)OC2. The molecule has 10 atom stereocenters. The largest absolute Gasteiger partial charge is 0.507 e. The van der Waals surface area contributed by atoms with E-state index >= 15 is 0 Å². The predicted molar refractivity (Wildman–Crippen MR) is 244 cm³/mol. The van der Waals surface area contributed by atoms with Gasteiger partial charge < -0.3 is 54.4 Å². The summed E-state index contributed by atoms with van der Waals surface area (Å²) in [6, 6.07) is 0. The van der Waals surface area contributed by atoms with Crippen LogP contribution in [-0.4, -0.2) is 123 Å². The maximum Gasteiger partial charge on any atom is 0.342 e. The Balaban J connectivity index is 0.738. The van der Waals surface area contributed by atoms with Crippen LogP contribution in [0.4, 0.5) is 0 Å². The van der Waals surface area contributed by atoms with Crippen molar-refractivity contribution >= 4 is 29.5 Å². The first-order valence-corrected chi connectivity index (χ1v) is 24.2. The number of rotatable bonds is 21. The fraction of sp³-hybridized carbons (Fsp3) is 0.706. The average Bonchev–Trinajstić information content (AvgIpc) is 3.99. The van der Waals surface area contributed by atoms with Crippen molar-refractivity contribution in [1.82, 2.24) is 10.6 Å². The van der Waals surface area contributed by atoms with Crippen molar-refractivity contribution in [3.05, 3.63) is 45.6 Å². The molecular formula is C51H72N2O14. The fourth-order valence-electron chi connectivity index (χ4n) is 13.0. The highest BCUT2D eigenvalue weighted by Crippen LogP contribution is 2.70. The minimum Gasteiger partial charge on any atom is -0.507 e. The first-order valence-electron chi connectivity index (χ1n) is 24.2. The number of cyclic esters (lactones) is 2. The molecule has 0 saturated heterocycles. The third kappa shape index (κ3) is 10.2. The number of fused-ring (bicyclic) bond motifs is 6. The Bertz CT molecular complexity index is 2120. The molecule has 1 aromatic carbocycles. The number of ether oxygens (including phenoxy) is 6. The molecule has 5 N–H and O–H groups in total. The van der Waals surface area contributed by atoms with Crippen LogP contribution in [0.15, 0.2) is 23.3 Å². The molecule has 1 aromatic rings. The maximum atomic E-state index is 12.7. The summed E-state index contributed by atoms with van der Waals surface area (Å²) in [4.78, 5) is 62.0. The van der Waals surface area contributed by atoms with E-state index in [4.69, 9.17) is 28.4 Å². The number of phenolic OH excluding ortho intramolecular Hbond substituents is 1. The molecule has 0 radical (unpaired) electrons. The molecule has 4 fully saturated rings. The smallest absolute Gasteiger partial charge is 0.342 e. The highest BCUT2D eigenvalue weighted by atomic mass is 16.5. The zero-order chi connectivity index (χ0) is 48.3. The van der Waals surface area contributed by atoms with Crippen LogP contribution in [0.25, 0.3) is 0 Å². The van der Waals surface area contributed by atoms with E-state index in [1.165, 1.54) is 14.0 Å². The van der Waals surface area contributed by atoms with Gasteiger partial charge in [-0.25, -0.2) is 9.59 Å². The number of ketones is 1. The Kier molecular flexibility index (Phi) is 15.9. The number of aromatic hydroxyl groups is 1. The monoisotopic (exact) mass is 936 g/mol. The van der Waals surface area contributed by atoms with Crippen LogP contribution < -0.4 is 15.4 Å². The summed E-state index contributed by atoms with van der Waals surface area (Å²) in [5.74, 6) is -1.16. The van der Waals surface area contributed by atoms with Crippen LogP contribution in [-0.2, 0) is 55.9 Å². The van der Waals surface area contributed by atoms with E-state index in [1.807, 2.05) is 26.8 Å². The van der Waals surface area contributed by atoms with Crippen molar-refractivity contribution in [1.29, 1.82) is 0 Å². The third-order valence-corrected chi connectivity index (χ3v) is 16.9. The van der Waals surface area contributed by atoms with E-state index in [2.05, 4.69) is 17.6 Å². The van der Waals surface area contributed by atoms with Gasteiger partial charge in [0, 0.05) is 48.0 Å². The number of amides is 2. The zero-order valence-electron chi connectivity index (χ0n) is 40.2. The number of phenols is 1. The predicted octanol–water partition coefficient (Wildman–Crippen LogP) is 4.73. The van der Waals surface area contributed by atoms with E-state index in [-0.39, 0.29) is 110 Å². The van der Waals surface area contributed by atoms with E-state index in [0.717, 1.165) is 55.2 Å². The average molecular weight is 937 g/mol. The first kappa shape index (κ1) is 50.5. The molecule has 0 bridgehead atoms. The van der Waals surface area contributed by atoms with E-state index in [1.54, 1.807) is 6.08 Å². The normalized spacial score (nSPS) is 31.4. The molecule has 10 unspecified atom stereocenters. The quantitative estimate of drug-likeness (QED) is 0.0639. The Morgan fingerprint density at radius 1 is 0.910 bits per heavy atom. The van der Waals surface area contributed by atoms with Crippen LogP contribution in [0.3, 0.4) is 0 Å². The van der Waals surface area contributed by atoms with E-state index < -0.39 is 29.0 Å². The summed E-state index contributed by atoms with van der Waals surface area (Å²) in [6.07, 6.45) is 9.74. The van der Waals surface area contributed by atoms with Gasteiger partial charge in [0.05, 0.1) is 51.3 Å². The number of methoxy groups -OCH3 is 1. The number of benzene rings is 1. The first-order chi connectivity index (χ1) is 31.9. The standard InChI is InChI=1S/C51H72N2O14/c1-29(7-9-36-46(59)45-37(27-67-48(45)60)30(2)47(36)62-6)21-32(31(3)54)22-42(56)52-15-17-63-19-20-64-18-16-53-43(57)28-65-35-11-13-49(4)34(24-35)8-10-39-40(49)25-41(55)50(5)38(12-14-51(39,50)61)33-23-44(58)66-26-33/h7,23,32,34-35,38-41,55,59,61H,8-22,24-28H2,1-6H3,(H,52,56)(H,53,57)/b29-7+. The van der Waals surface area contributed by atoms with Gasteiger partial charge in [-0.3, -0.25) is 14.4 Å². The van der Waals surface area contributed by atoms with Crippen LogP contribution in [0.5, 0.6) is 11.5 Å². The molecule has 16 nitrogen and oxygen atoms in total. The number of allylic oxidation sites excluding steroid dienone is 2. The van der Waals surface area contributed by atoms with Gasteiger partial charge in [-0.1, -0.05) is 25.5 Å². The molecule has 67 heavy (non-hydrogen) atoms. The number of Topliss-reactive ketones (excluding diaryl/α,β-unsaturated/α-hetero) is 1. The van der Waals surface area contributed by atoms with Gasteiger partial charge in [0.25, 0.3) is 0 Å². The Morgan fingerprint density at radius 2 is 1.63 bits per heavy atom. The van der Waals surface area contributed by atoms with Crippen molar-refractivity contribution in [2.45, 2.75) is 130 Å². The van der Waals surface area contributed by atoms with E-state index in [0.29, 0.717) is 68.4 Å². The van der Waals surface area contributed by atoms with Gasteiger partial charge in [-0.05, 0) is 125 Å². The van der Waals surface area contributed by atoms with Crippen molar-refractivity contribution < 1.29 is 67.7 Å². The molecule has 16 heteroatoms. The molecule has 2 aliphatic heterocycles. The van der Waals surface area contributed by atoms with Gasteiger partial charge in [0.15, 0.2) is 0 Å². The molecule has 7 rings (SSSR count). The summed E-state index contributed by atoms with van der Waals surface area (Å²) in [6.45, 7) is 11.6. The van der Waals surface area contributed by atoms with Crippen molar-refractivity contribution in [2.75, 3.05) is 59.8 Å². The van der Waals surface area contributed by atoms with Crippen LogP contribution in [0.2, 0.25) is 0 Å². The third-order valence-electron chi connectivity index (χ3n) is 16.9. The second-order valence-corrected chi connectivity index (χ2v) is 20.4. The highest BCUT2D eigenvalue weighted by Gasteiger charge is 2.70. The molecular weight excluding hydrogens is 865 g/mol. The molecule has 6 aliphatic rings. The summed E-state index contributed by atoms with van der Waals surface area (Å²) < 4.78 is 33.3. The number of nitrogens with one attached hydrogen (secondary N) is 2. The van der Waals surface area contributed by atoms with Gasteiger partial charge in [0.2, 0.25) is 11.8 Å². The number of hydrogen-bond acceptors (Lipinski definition) is 14. The highest BCUT2D eigenvalue weighted by molar-refractivity contribution is 5.98. The van der Waals surface area contributed by atoms with Gasteiger partial charge >= 0.3 is 11.9 Å². The van der Waals surface area contributed by atoms with Crippen molar-refractivity contribution in [3.8, 4) is 11.5 Å². The number of hydrogen-bond donors (Lipinski definition) is 5. The van der Waals surface area contributed by atoms with Gasteiger partial charge in [-0.2, -0.15) is 0 Å². The van der Waals surface area contributed by atoms with Crippen LogP contribution in [0.1, 0.15) is 119 Å².